The summed E-state index contributed by atoms with van der Waals surface area (Å²) >= 11 is 0. The lowest BCUT2D eigenvalue weighted by molar-refractivity contribution is 0.285. The molecule has 2 N–H and O–H groups in total. The molecule has 0 unspecified atom stereocenters. The number of fused-ring (bicyclic) bond motifs is 2. The van der Waals surface area contributed by atoms with Crippen LogP contribution in [0.25, 0.3) is 21.8 Å². The van der Waals surface area contributed by atoms with E-state index in [1.54, 1.807) is 0 Å². The summed E-state index contributed by atoms with van der Waals surface area (Å²) in [5.74, 6) is 0. The number of likely N-dealkylation sites (N-methyl/N-ethyl adjacent to an activating group) is 1. The average Bonchev–Trinajstić information content (AvgIpc) is 3.23. The first-order valence-electron chi connectivity index (χ1n) is 8.67. The van der Waals surface area contributed by atoms with Gasteiger partial charge in [-0.15, -0.1) is 0 Å². The number of nitrogens with one attached hydrogen (secondary N) is 2. The summed E-state index contributed by atoms with van der Waals surface area (Å²) < 4.78 is 0. The minimum atomic E-state index is 0.989. The Morgan fingerprint density at radius 3 is 2.04 bits per heavy atom. The molecule has 0 saturated heterocycles. The molecule has 0 fully saturated rings. The van der Waals surface area contributed by atoms with Gasteiger partial charge < -0.3 is 9.97 Å². The SMILES string of the molecule is CCN(CCc1c[nH]c2ccccc12)Cc1c[nH]c2ccccc12. The van der Waals surface area contributed by atoms with E-state index in [0.29, 0.717) is 0 Å². The molecule has 0 aliphatic heterocycles. The zero-order valence-corrected chi connectivity index (χ0v) is 14.0. The van der Waals surface area contributed by atoms with Crippen LogP contribution in [0.4, 0.5) is 0 Å². The molecule has 0 bridgehead atoms. The number of aromatic amines is 2. The molecule has 0 atom stereocenters. The molecule has 0 radical (unpaired) electrons. The van der Waals surface area contributed by atoms with Gasteiger partial charge in [-0.3, -0.25) is 4.90 Å². The van der Waals surface area contributed by atoms with E-state index in [0.717, 1.165) is 26.1 Å². The molecule has 2 aromatic heterocycles. The Labute approximate surface area is 142 Å². The Hall–Kier alpha value is -2.52. The highest BCUT2D eigenvalue weighted by Crippen LogP contribution is 2.21. The summed E-state index contributed by atoms with van der Waals surface area (Å²) in [6.45, 7) is 5.35. The van der Waals surface area contributed by atoms with Gasteiger partial charge in [0.05, 0.1) is 0 Å². The third-order valence-electron chi connectivity index (χ3n) is 4.89. The van der Waals surface area contributed by atoms with E-state index in [4.69, 9.17) is 0 Å². The highest BCUT2D eigenvalue weighted by molar-refractivity contribution is 5.83. The molecule has 4 aromatic rings. The van der Waals surface area contributed by atoms with E-state index in [9.17, 15) is 0 Å². The van der Waals surface area contributed by atoms with Gasteiger partial charge in [-0.2, -0.15) is 0 Å². The number of H-pyrrole nitrogens is 2. The van der Waals surface area contributed by atoms with Crippen molar-refractivity contribution in [3.05, 3.63) is 72.1 Å². The molecular formula is C21H23N3. The summed E-state index contributed by atoms with van der Waals surface area (Å²) in [6.07, 6.45) is 5.38. The molecule has 0 amide bonds. The summed E-state index contributed by atoms with van der Waals surface area (Å²) in [5, 5.41) is 2.68. The third-order valence-corrected chi connectivity index (χ3v) is 4.89. The second-order valence-corrected chi connectivity index (χ2v) is 6.34. The van der Waals surface area contributed by atoms with E-state index in [2.05, 4.69) is 82.7 Å². The van der Waals surface area contributed by atoms with Crippen LogP contribution in [0.15, 0.2) is 60.9 Å². The number of hydrogen-bond acceptors (Lipinski definition) is 1. The fraction of sp³-hybridized carbons (Fsp3) is 0.238. The summed E-state index contributed by atoms with van der Waals surface area (Å²) in [5.41, 5.74) is 5.24. The van der Waals surface area contributed by atoms with Gasteiger partial charge in [-0.25, -0.2) is 0 Å². The smallest absolute Gasteiger partial charge is 0.0457 e. The van der Waals surface area contributed by atoms with Crippen molar-refractivity contribution in [3.8, 4) is 0 Å². The molecule has 0 aliphatic carbocycles. The quantitative estimate of drug-likeness (QED) is 0.530. The van der Waals surface area contributed by atoms with E-state index < -0.39 is 0 Å². The number of hydrogen-bond donors (Lipinski definition) is 2. The molecule has 0 spiro atoms. The minimum Gasteiger partial charge on any atom is -0.361 e. The Morgan fingerprint density at radius 1 is 0.792 bits per heavy atom. The molecular weight excluding hydrogens is 294 g/mol. The molecule has 0 aliphatic rings. The van der Waals surface area contributed by atoms with Crippen LogP contribution >= 0.6 is 0 Å². The van der Waals surface area contributed by atoms with Crippen molar-refractivity contribution in [1.82, 2.24) is 14.9 Å². The van der Waals surface area contributed by atoms with Crippen molar-refractivity contribution in [2.75, 3.05) is 13.1 Å². The average molecular weight is 317 g/mol. The fourth-order valence-corrected chi connectivity index (χ4v) is 3.47. The van der Waals surface area contributed by atoms with Crippen molar-refractivity contribution in [2.45, 2.75) is 19.9 Å². The maximum absolute atomic E-state index is 3.38. The number of nitrogens with zero attached hydrogens (tertiary/aromatic N) is 1. The van der Waals surface area contributed by atoms with Crippen molar-refractivity contribution in [1.29, 1.82) is 0 Å². The van der Waals surface area contributed by atoms with Crippen molar-refractivity contribution < 1.29 is 0 Å². The lowest BCUT2D eigenvalue weighted by Crippen LogP contribution is -2.25. The second kappa shape index (κ2) is 6.54. The zero-order valence-electron chi connectivity index (χ0n) is 14.0. The normalized spacial score (nSPS) is 11.8. The van der Waals surface area contributed by atoms with Gasteiger partial charge in [-0.05, 0) is 36.2 Å². The van der Waals surface area contributed by atoms with Gasteiger partial charge >= 0.3 is 0 Å². The van der Waals surface area contributed by atoms with Crippen LogP contribution < -0.4 is 0 Å². The van der Waals surface area contributed by atoms with Crippen LogP contribution in [0.5, 0.6) is 0 Å². The first kappa shape index (κ1) is 15.0. The predicted octanol–water partition coefficient (Wildman–Crippen LogP) is 4.71. The predicted molar refractivity (Wildman–Crippen MR) is 101 cm³/mol. The van der Waals surface area contributed by atoms with E-state index in [1.807, 2.05) is 0 Å². The van der Waals surface area contributed by atoms with E-state index in [1.165, 1.54) is 32.9 Å². The Bertz CT molecular complexity index is 948. The molecule has 3 nitrogen and oxygen atoms in total. The number of aromatic nitrogens is 2. The summed E-state index contributed by atoms with van der Waals surface area (Å²) in [7, 11) is 0. The van der Waals surface area contributed by atoms with Gasteiger partial charge in [0, 0.05) is 47.3 Å². The summed E-state index contributed by atoms with van der Waals surface area (Å²) in [4.78, 5) is 9.27. The van der Waals surface area contributed by atoms with Crippen molar-refractivity contribution in [3.63, 3.8) is 0 Å². The molecule has 2 heterocycles. The maximum atomic E-state index is 3.38. The maximum Gasteiger partial charge on any atom is 0.0457 e. The highest BCUT2D eigenvalue weighted by atomic mass is 15.1. The monoisotopic (exact) mass is 317 g/mol. The van der Waals surface area contributed by atoms with Crippen LogP contribution in [-0.2, 0) is 13.0 Å². The number of rotatable bonds is 6. The zero-order chi connectivity index (χ0) is 16.4. The van der Waals surface area contributed by atoms with Gasteiger partial charge in [0.1, 0.15) is 0 Å². The molecule has 24 heavy (non-hydrogen) atoms. The topological polar surface area (TPSA) is 34.8 Å². The van der Waals surface area contributed by atoms with E-state index >= 15 is 0 Å². The summed E-state index contributed by atoms with van der Waals surface area (Å²) in [6, 6.07) is 17.1. The largest absolute Gasteiger partial charge is 0.361 e. The molecule has 2 aromatic carbocycles. The molecule has 3 heteroatoms. The first-order valence-corrected chi connectivity index (χ1v) is 8.67. The standard InChI is InChI=1S/C21H23N3/c1-2-24(15-17-14-23-21-10-6-4-8-19(17)21)12-11-16-13-22-20-9-5-3-7-18(16)20/h3-10,13-14,22-23H,2,11-12,15H2,1H3. The van der Waals surface area contributed by atoms with Crippen LogP contribution in [-0.4, -0.2) is 28.0 Å². The fourth-order valence-electron chi connectivity index (χ4n) is 3.47. The van der Waals surface area contributed by atoms with Gasteiger partial charge in [0.25, 0.3) is 0 Å². The van der Waals surface area contributed by atoms with Crippen molar-refractivity contribution >= 4 is 21.8 Å². The lowest BCUT2D eigenvalue weighted by Gasteiger charge is -2.20. The Morgan fingerprint density at radius 2 is 1.38 bits per heavy atom. The van der Waals surface area contributed by atoms with Gasteiger partial charge in [0.15, 0.2) is 0 Å². The van der Waals surface area contributed by atoms with Crippen LogP contribution in [0, 0.1) is 0 Å². The number of benzene rings is 2. The van der Waals surface area contributed by atoms with E-state index in [-0.39, 0.29) is 0 Å². The van der Waals surface area contributed by atoms with Gasteiger partial charge in [-0.1, -0.05) is 43.3 Å². The molecule has 4 rings (SSSR count). The molecule has 0 saturated carbocycles. The lowest BCUT2D eigenvalue weighted by atomic mass is 10.1. The first-order chi connectivity index (χ1) is 11.8. The molecule has 122 valence electrons. The van der Waals surface area contributed by atoms with Crippen LogP contribution in [0.2, 0.25) is 0 Å². The second-order valence-electron chi connectivity index (χ2n) is 6.34. The minimum absolute atomic E-state index is 0.989. The number of para-hydroxylation sites is 2. The van der Waals surface area contributed by atoms with Crippen LogP contribution in [0.1, 0.15) is 18.1 Å². The third kappa shape index (κ3) is 2.83. The van der Waals surface area contributed by atoms with Gasteiger partial charge in [0.2, 0.25) is 0 Å². The van der Waals surface area contributed by atoms with Crippen LogP contribution in [0.3, 0.4) is 0 Å². The highest BCUT2D eigenvalue weighted by Gasteiger charge is 2.10. The van der Waals surface area contributed by atoms with Crippen molar-refractivity contribution in [2.24, 2.45) is 0 Å². The Kier molecular flexibility index (Phi) is 4.09. The Balaban J connectivity index is 1.48.